The van der Waals surface area contributed by atoms with Crippen molar-refractivity contribution in [1.29, 1.82) is 0 Å². The molecule has 1 aromatic rings. The van der Waals surface area contributed by atoms with Crippen LogP contribution >= 0.6 is 0 Å². The number of hydrogen-bond acceptors (Lipinski definition) is 3. The van der Waals surface area contributed by atoms with Gasteiger partial charge in [-0.05, 0) is 6.07 Å². The largest absolute Gasteiger partial charge is 0.355 e. The minimum atomic E-state index is 0.747. The molecular weight excluding hydrogens is 138 g/mol. The summed E-state index contributed by atoms with van der Waals surface area (Å²) in [5.74, 6) is 0. The number of aliphatic imine (C=N–C) groups is 1. The number of nitrogens with zero attached hydrogens (tertiary/aromatic N) is 3. The van der Waals surface area contributed by atoms with Crippen molar-refractivity contribution in [3.63, 3.8) is 0 Å². The first kappa shape index (κ1) is 6.34. The standard InChI is InChI=1S/C8H9N3/c1-11-6-10-5-7-4-9-3-2-8(7)11/h2-5H,6H2,1H3. The maximum absolute atomic E-state index is 4.16. The fourth-order valence-corrected chi connectivity index (χ4v) is 1.18. The van der Waals surface area contributed by atoms with Crippen LogP contribution < -0.4 is 4.90 Å². The van der Waals surface area contributed by atoms with Crippen molar-refractivity contribution in [3.8, 4) is 0 Å². The molecule has 1 aliphatic heterocycles. The van der Waals surface area contributed by atoms with Crippen molar-refractivity contribution in [3.05, 3.63) is 24.0 Å². The van der Waals surface area contributed by atoms with Crippen LogP contribution in [0, 0.1) is 0 Å². The van der Waals surface area contributed by atoms with Crippen LogP contribution in [0.5, 0.6) is 0 Å². The SMILES string of the molecule is CN1CN=Cc2cnccc21. The van der Waals surface area contributed by atoms with Gasteiger partial charge in [0.1, 0.15) is 6.67 Å². The van der Waals surface area contributed by atoms with E-state index in [0.29, 0.717) is 0 Å². The highest BCUT2D eigenvalue weighted by molar-refractivity contribution is 5.89. The maximum Gasteiger partial charge on any atom is 0.109 e. The highest BCUT2D eigenvalue weighted by Crippen LogP contribution is 2.18. The molecule has 0 saturated carbocycles. The van der Waals surface area contributed by atoms with E-state index >= 15 is 0 Å². The number of aromatic nitrogens is 1. The van der Waals surface area contributed by atoms with E-state index in [1.807, 2.05) is 25.5 Å². The Hall–Kier alpha value is -1.38. The molecule has 0 aromatic carbocycles. The summed E-state index contributed by atoms with van der Waals surface area (Å²) in [6.07, 6.45) is 5.49. The average Bonchev–Trinajstić information content (AvgIpc) is 2.06. The molecule has 3 heteroatoms. The Bertz CT molecular complexity index is 293. The summed E-state index contributed by atoms with van der Waals surface area (Å²) in [6, 6.07) is 2.00. The Labute approximate surface area is 65.4 Å². The van der Waals surface area contributed by atoms with Crippen molar-refractivity contribution in [2.45, 2.75) is 0 Å². The molecule has 0 atom stereocenters. The second kappa shape index (κ2) is 2.34. The van der Waals surface area contributed by atoms with Gasteiger partial charge in [-0.3, -0.25) is 9.98 Å². The predicted molar refractivity (Wildman–Crippen MR) is 45.1 cm³/mol. The van der Waals surface area contributed by atoms with E-state index in [1.54, 1.807) is 6.20 Å². The van der Waals surface area contributed by atoms with Crippen LogP contribution in [-0.4, -0.2) is 24.9 Å². The summed E-state index contributed by atoms with van der Waals surface area (Å²) in [4.78, 5) is 10.3. The average molecular weight is 147 g/mol. The first-order valence-corrected chi connectivity index (χ1v) is 3.53. The van der Waals surface area contributed by atoms with Gasteiger partial charge >= 0.3 is 0 Å². The summed E-state index contributed by atoms with van der Waals surface area (Å²) in [5, 5.41) is 0. The Morgan fingerprint density at radius 3 is 3.27 bits per heavy atom. The van der Waals surface area contributed by atoms with Crippen LogP contribution in [0.15, 0.2) is 23.5 Å². The third kappa shape index (κ3) is 0.981. The third-order valence-corrected chi connectivity index (χ3v) is 1.76. The van der Waals surface area contributed by atoms with Gasteiger partial charge in [-0.1, -0.05) is 0 Å². The van der Waals surface area contributed by atoms with E-state index in [4.69, 9.17) is 0 Å². The van der Waals surface area contributed by atoms with Crippen molar-refractivity contribution in [2.24, 2.45) is 4.99 Å². The lowest BCUT2D eigenvalue weighted by molar-refractivity contribution is 0.919. The summed E-state index contributed by atoms with van der Waals surface area (Å²) in [7, 11) is 2.02. The quantitative estimate of drug-likeness (QED) is 0.545. The van der Waals surface area contributed by atoms with Gasteiger partial charge in [-0.25, -0.2) is 0 Å². The first-order valence-electron chi connectivity index (χ1n) is 3.53. The zero-order chi connectivity index (χ0) is 7.68. The van der Waals surface area contributed by atoms with Gasteiger partial charge in [-0.2, -0.15) is 0 Å². The Kier molecular flexibility index (Phi) is 1.35. The molecule has 0 amide bonds. The van der Waals surface area contributed by atoms with Gasteiger partial charge < -0.3 is 4.90 Å². The molecule has 0 N–H and O–H groups in total. The molecule has 0 aliphatic carbocycles. The fraction of sp³-hybridized carbons (Fsp3) is 0.250. The highest BCUT2D eigenvalue weighted by Gasteiger charge is 2.07. The molecule has 0 spiro atoms. The lowest BCUT2D eigenvalue weighted by Crippen LogP contribution is -2.21. The van der Waals surface area contributed by atoms with Gasteiger partial charge in [0.15, 0.2) is 0 Å². The number of pyridine rings is 1. The van der Waals surface area contributed by atoms with E-state index in [1.165, 1.54) is 5.69 Å². The number of rotatable bonds is 0. The van der Waals surface area contributed by atoms with Gasteiger partial charge in [0, 0.05) is 36.9 Å². The zero-order valence-corrected chi connectivity index (χ0v) is 6.36. The van der Waals surface area contributed by atoms with E-state index < -0.39 is 0 Å². The lowest BCUT2D eigenvalue weighted by Gasteiger charge is -2.21. The molecule has 0 saturated heterocycles. The normalized spacial score (nSPS) is 14.8. The van der Waals surface area contributed by atoms with Crippen molar-refractivity contribution in [1.82, 2.24) is 4.98 Å². The van der Waals surface area contributed by atoms with E-state index in [0.717, 1.165) is 12.2 Å². The molecule has 1 aliphatic rings. The van der Waals surface area contributed by atoms with E-state index in [2.05, 4.69) is 14.9 Å². The molecular formula is C8H9N3. The van der Waals surface area contributed by atoms with Crippen LogP contribution in [0.4, 0.5) is 5.69 Å². The van der Waals surface area contributed by atoms with Gasteiger partial charge in [0.05, 0.1) is 0 Å². The smallest absolute Gasteiger partial charge is 0.109 e. The number of anilines is 1. The third-order valence-electron chi connectivity index (χ3n) is 1.76. The van der Waals surface area contributed by atoms with Gasteiger partial charge in [-0.15, -0.1) is 0 Å². The molecule has 0 unspecified atom stereocenters. The fourth-order valence-electron chi connectivity index (χ4n) is 1.18. The summed E-state index contributed by atoms with van der Waals surface area (Å²) in [6.45, 7) is 0.747. The minimum Gasteiger partial charge on any atom is -0.355 e. The van der Waals surface area contributed by atoms with Crippen molar-refractivity contribution < 1.29 is 0 Å². The molecule has 0 bridgehead atoms. The molecule has 0 fully saturated rings. The van der Waals surface area contributed by atoms with Crippen LogP contribution in [0.1, 0.15) is 5.56 Å². The van der Waals surface area contributed by atoms with Crippen LogP contribution in [-0.2, 0) is 0 Å². The van der Waals surface area contributed by atoms with Gasteiger partial charge in [0.2, 0.25) is 0 Å². The maximum atomic E-state index is 4.16. The Balaban J connectivity index is 2.54. The summed E-state index contributed by atoms with van der Waals surface area (Å²) < 4.78 is 0. The van der Waals surface area contributed by atoms with E-state index in [-0.39, 0.29) is 0 Å². The molecule has 3 nitrogen and oxygen atoms in total. The molecule has 2 rings (SSSR count). The minimum absolute atomic E-state index is 0.747. The molecule has 56 valence electrons. The van der Waals surface area contributed by atoms with Crippen LogP contribution in [0.25, 0.3) is 0 Å². The monoisotopic (exact) mass is 147 g/mol. The van der Waals surface area contributed by atoms with E-state index in [9.17, 15) is 0 Å². The Morgan fingerprint density at radius 1 is 1.55 bits per heavy atom. The first-order chi connectivity index (χ1) is 5.38. The summed E-state index contributed by atoms with van der Waals surface area (Å²) in [5.41, 5.74) is 2.30. The molecule has 2 heterocycles. The number of hydrogen-bond donors (Lipinski definition) is 0. The number of fused-ring (bicyclic) bond motifs is 1. The zero-order valence-electron chi connectivity index (χ0n) is 6.36. The highest BCUT2D eigenvalue weighted by atomic mass is 15.2. The molecule has 11 heavy (non-hydrogen) atoms. The van der Waals surface area contributed by atoms with Crippen LogP contribution in [0.3, 0.4) is 0 Å². The second-order valence-corrected chi connectivity index (χ2v) is 2.59. The van der Waals surface area contributed by atoms with Crippen molar-refractivity contribution >= 4 is 11.9 Å². The predicted octanol–water partition coefficient (Wildman–Crippen LogP) is 0.908. The molecule has 0 radical (unpaired) electrons. The molecule has 1 aromatic heterocycles. The lowest BCUT2D eigenvalue weighted by atomic mass is 10.2. The van der Waals surface area contributed by atoms with Crippen molar-refractivity contribution in [2.75, 3.05) is 18.6 Å². The van der Waals surface area contributed by atoms with Gasteiger partial charge in [0.25, 0.3) is 0 Å². The second-order valence-electron chi connectivity index (χ2n) is 2.59. The summed E-state index contributed by atoms with van der Waals surface area (Å²) >= 11 is 0. The topological polar surface area (TPSA) is 28.5 Å². The Morgan fingerprint density at radius 2 is 2.45 bits per heavy atom. The van der Waals surface area contributed by atoms with Crippen LogP contribution in [0.2, 0.25) is 0 Å².